The van der Waals surface area contributed by atoms with Gasteiger partial charge in [0.1, 0.15) is 12.3 Å². The van der Waals surface area contributed by atoms with Gasteiger partial charge in [-0.3, -0.25) is 4.79 Å². The zero-order valence-corrected chi connectivity index (χ0v) is 17.1. The number of fused-ring (bicyclic) bond motifs is 1. The van der Waals surface area contributed by atoms with Crippen LogP contribution in [0.4, 0.5) is 0 Å². The largest absolute Gasteiger partial charge is 0.484 e. The molecule has 2 aliphatic heterocycles. The Morgan fingerprint density at radius 2 is 1.79 bits per heavy atom. The van der Waals surface area contributed by atoms with Crippen molar-refractivity contribution in [3.8, 4) is 17.2 Å². The first kappa shape index (κ1) is 19.6. The van der Waals surface area contributed by atoms with Crippen molar-refractivity contribution in [2.75, 3.05) is 39.6 Å². The molecule has 0 spiro atoms. The zero-order valence-electron chi connectivity index (χ0n) is 17.1. The molecule has 0 unspecified atom stereocenters. The summed E-state index contributed by atoms with van der Waals surface area (Å²) in [5.74, 6) is 2.93. The first-order chi connectivity index (χ1) is 14.1. The third-order valence-electron chi connectivity index (χ3n) is 5.62. The van der Waals surface area contributed by atoms with E-state index in [4.69, 9.17) is 14.2 Å². The van der Waals surface area contributed by atoms with E-state index in [1.54, 1.807) is 0 Å². The summed E-state index contributed by atoms with van der Waals surface area (Å²) in [4.78, 5) is 15.9. The molecule has 2 heterocycles. The quantitative estimate of drug-likeness (QED) is 0.808. The van der Waals surface area contributed by atoms with E-state index in [0.717, 1.165) is 50.0 Å². The molecule has 6 heteroatoms. The number of amides is 1. The van der Waals surface area contributed by atoms with E-state index in [0.29, 0.717) is 12.7 Å². The maximum absolute atomic E-state index is 12.5. The number of nitrogens with zero attached hydrogens (tertiary/aromatic N) is 1. The fourth-order valence-corrected chi connectivity index (χ4v) is 3.77. The lowest BCUT2D eigenvalue weighted by Gasteiger charge is -2.32. The van der Waals surface area contributed by atoms with Crippen molar-refractivity contribution in [1.82, 2.24) is 4.90 Å². The van der Waals surface area contributed by atoms with Gasteiger partial charge in [0.15, 0.2) is 18.1 Å². The highest BCUT2D eigenvalue weighted by molar-refractivity contribution is 5.77. The van der Waals surface area contributed by atoms with Crippen molar-refractivity contribution in [1.29, 1.82) is 0 Å². The first-order valence-electron chi connectivity index (χ1n) is 10.3. The van der Waals surface area contributed by atoms with Crippen molar-refractivity contribution in [2.24, 2.45) is 0 Å². The summed E-state index contributed by atoms with van der Waals surface area (Å²) in [5.41, 5.74) is 2.50. The Labute approximate surface area is 172 Å². The molecule has 2 aromatic rings. The number of quaternary nitrogens is 1. The Kier molecular flexibility index (Phi) is 5.90. The molecule has 1 amide bonds. The number of rotatable bonds is 6. The number of ether oxygens (including phenoxy) is 3. The second kappa shape index (κ2) is 8.74. The van der Waals surface area contributed by atoms with Crippen LogP contribution < -0.4 is 19.1 Å². The summed E-state index contributed by atoms with van der Waals surface area (Å²) in [6, 6.07) is 14.1. The molecule has 154 valence electrons. The van der Waals surface area contributed by atoms with E-state index in [9.17, 15) is 4.79 Å². The molecule has 6 nitrogen and oxygen atoms in total. The maximum atomic E-state index is 12.5. The van der Waals surface area contributed by atoms with Crippen molar-refractivity contribution in [3.63, 3.8) is 0 Å². The van der Waals surface area contributed by atoms with Crippen LogP contribution >= 0.6 is 0 Å². The number of nitrogens with one attached hydrogen (secondary N) is 1. The van der Waals surface area contributed by atoms with Crippen LogP contribution in [0.2, 0.25) is 0 Å². The molecule has 1 saturated heterocycles. The monoisotopic (exact) mass is 397 g/mol. The molecule has 4 rings (SSSR count). The van der Waals surface area contributed by atoms with Gasteiger partial charge in [-0.1, -0.05) is 26.0 Å². The highest BCUT2D eigenvalue weighted by Crippen LogP contribution is 2.32. The summed E-state index contributed by atoms with van der Waals surface area (Å²) in [6.07, 6.45) is 0. The Hall–Kier alpha value is -2.73. The topological polar surface area (TPSA) is 52.4 Å². The average molecular weight is 397 g/mol. The van der Waals surface area contributed by atoms with Gasteiger partial charge < -0.3 is 24.0 Å². The van der Waals surface area contributed by atoms with Crippen LogP contribution in [0.15, 0.2) is 42.5 Å². The standard InChI is InChI=1S/C23H28N2O4/c1-17(2)19-4-6-20(7-5-19)27-15-23(26)25-11-9-24(10-12-25)14-18-3-8-21-22(13-18)29-16-28-21/h3-8,13,17H,9-12,14-16H2,1-2H3/p+1. The van der Waals surface area contributed by atoms with Gasteiger partial charge in [-0.05, 0) is 41.8 Å². The molecule has 0 atom stereocenters. The van der Waals surface area contributed by atoms with E-state index in [1.165, 1.54) is 16.0 Å². The molecular formula is C23H29N2O4+. The molecule has 2 aromatic carbocycles. The van der Waals surface area contributed by atoms with Gasteiger partial charge in [-0.25, -0.2) is 0 Å². The van der Waals surface area contributed by atoms with Crippen LogP contribution in [0.25, 0.3) is 0 Å². The SMILES string of the molecule is CC(C)c1ccc(OCC(=O)N2CC[NH+](Cc3ccc4c(c3)OCO4)CC2)cc1. The van der Waals surface area contributed by atoms with Gasteiger partial charge in [-0.15, -0.1) is 0 Å². The van der Waals surface area contributed by atoms with Crippen molar-refractivity contribution in [3.05, 3.63) is 53.6 Å². The molecule has 0 aromatic heterocycles. The number of benzene rings is 2. The molecule has 0 bridgehead atoms. The molecule has 29 heavy (non-hydrogen) atoms. The van der Waals surface area contributed by atoms with Crippen molar-refractivity contribution in [2.45, 2.75) is 26.3 Å². The normalized spacial score (nSPS) is 16.3. The van der Waals surface area contributed by atoms with Gasteiger partial charge in [0, 0.05) is 5.56 Å². The van der Waals surface area contributed by atoms with E-state index in [-0.39, 0.29) is 12.5 Å². The van der Waals surface area contributed by atoms with E-state index >= 15 is 0 Å². The number of hydrogen-bond acceptors (Lipinski definition) is 4. The number of piperazine rings is 1. The van der Waals surface area contributed by atoms with E-state index in [1.807, 2.05) is 23.1 Å². The lowest BCUT2D eigenvalue weighted by molar-refractivity contribution is -0.917. The molecule has 0 aliphatic carbocycles. The summed E-state index contributed by atoms with van der Waals surface area (Å²) in [6.45, 7) is 9.03. The first-order valence-corrected chi connectivity index (χ1v) is 10.3. The Bertz CT molecular complexity index is 842. The third-order valence-corrected chi connectivity index (χ3v) is 5.62. The van der Waals surface area contributed by atoms with Gasteiger partial charge in [-0.2, -0.15) is 0 Å². The number of carbonyl (C=O) groups excluding carboxylic acids is 1. The van der Waals surface area contributed by atoms with E-state index in [2.05, 4.69) is 38.1 Å². The van der Waals surface area contributed by atoms with Crippen LogP contribution in [0, 0.1) is 0 Å². The number of hydrogen-bond donors (Lipinski definition) is 1. The average Bonchev–Trinajstić information content (AvgIpc) is 3.21. The smallest absolute Gasteiger partial charge is 0.260 e. The molecule has 0 saturated carbocycles. The second-order valence-electron chi connectivity index (χ2n) is 8.01. The Morgan fingerprint density at radius 1 is 1.07 bits per heavy atom. The highest BCUT2D eigenvalue weighted by Gasteiger charge is 2.24. The van der Waals surface area contributed by atoms with Crippen LogP contribution in [-0.4, -0.2) is 50.4 Å². The molecule has 2 aliphatic rings. The molecular weight excluding hydrogens is 368 g/mol. The fourth-order valence-electron chi connectivity index (χ4n) is 3.77. The zero-order chi connectivity index (χ0) is 20.2. The summed E-state index contributed by atoms with van der Waals surface area (Å²) in [5, 5.41) is 0. The molecule has 0 radical (unpaired) electrons. The lowest BCUT2D eigenvalue weighted by Crippen LogP contribution is -3.13. The Balaban J connectivity index is 1.22. The second-order valence-corrected chi connectivity index (χ2v) is 8.01. The van der Waals surface area contributed by atoms with E-state index < -0.39 is 0 Å². The minimum atomic E-state index is 0.0556. The predicted octanol–water partition coefficient (Wildman–Crippen LogP) is 1.84. The maximum Gasteiger partial charge on any atom is 0.260 e. The lowest BCUT2D eigenvalue weighted by atomic mass is 10.0. The van der Waals surface area contributed by atoms with Crippen LogP contribution in [0.1, 0.15) is 30.9 Å². The van der Waals surface area contributed by atoms with Gasteiger partial charge in [0.25, 0.3) is 5.91 Å². The minimum absolute atomic E-state index is 0.0556. The molecule has 1 fully saturated rings. The van der Waals surface area contributed by atoms with Crippen molar-refractivity contribution < 1.29 is 23.9 Å². The highest BCUT2D eigenvalue weighted by atomic mass is 16.7. The van der Waals surface area contributed by atoms with Gasteiger partial charge in [0.05, 0.1) is 26.2 Å². The predicted molar refractivity (Wildman–Crippen MR) is 110 cm³/mol. The van der Waals surface area contributed by atoms with Gasteiger partial charge in [0.2, 0.25) is 6.79 Å². The van der Waals surface area contributed by atoms with Crippen molar-refractivity contribution >= 4 is 5.91 Å². The molecule has 1 N–H and O–H groups in total. The van der Waals surface area contributed by atoms with Crippen LogP contribution in [-0.2, 0) is 11.3 Å². The minimum Gasteiger partial charge on any atom is -0.484 e. The van der Waals surface area contributed by atoms with Crippen LogP contribution in [0.3, 0.4) is 0 Å². The summed E-state index contributed by atoms with van der Waals surface area (Å²) >= 11 is 0. The van der Waals surface area contributed by atoms with Gasteiger partial charge >= 0.3 is 0 Å². The third kappa shape index (κ3) is 4.82. The number of carbonyl (C=O) groups is 1. The van der Waals surface area contributed by atoms with Crippen LogP contribution in [0.5, 0.6) is 17.2 Å². The summed E-state index contributed by atoms with van der Waals surface area (Å²) < 4.78 is 16.5. The summed E-state index contributed by atoms with van der Waals surface area (Å²) in [7, 11) is 0. The Morgan fingerprint density at radius 3 is 2.52 bits per heavy atom. The fraction of sp³-hybridized carbons (Fsp3) is 0.435.